The van der Waals surface area contributed by atoms with Crippen molar-refractivity contribution in [3.05, 3.63) is 68.6 Å². The molecule has 1 unspecified atom stereocenters. The number of carbonyl (C=O) groups is 1. The van der Waals surface area contributed by atoms with E-state index in [2.05, 4.69) is 15.5 Å². The lowest BCUT2D eigenvalue weighted by molar-refractivity contribution is 0.102. The number of hydrogen-bond donors (Lipinski definition) is 1. The zero-order valence-corrected chi connectivity index (χ0v) is 19.1. The molecule has 0 bridgehead atoms. The van der Waals surface area contributed by atoms with Gasteiger partial charge in [-0.15, -0.1) is 10.2 Å². The van der Waals surface area contributed by atoms with Crippen molar-refractivity contribution in [1.82, 2.24) is 14.5 Å². The zero-order valence-electron chi connectivity index (χ0n) is 16.7. The lowest BCUT2D eigenvalue weighted by atomic mass is 10.2. The number of nitrogens with one attached hydrogen (secondary N) is 1. The van der Waals surface area contributed by atoms with Crippen molar-refractivity contribution in [2.75, 3.05) is 11.9 Å². The Morgan fingerprint density at radius 1 is 1.22 bits per heavy atom. The van der Waals surface area contributed by atoms with Gasteiger partial charge >= 0.3 is 0 Å². The van der Waals surface area contributed by atoms with E-state index < -0.39 is 33.6 Å². The van der Waals surface area contributed by atoms with Crippen molar-refractivity contribution in [1.29, 1.82) is 0 Å². The number of carbonyl (C=O) groups excluding carboxylic acids is 1. The Labute approximate surface area is 192 Å². The van der Waals surface area contributed by atoms with Gasteiger partial charge in [0.2, 0.25) is 15.0 Å². The molecule has 1 N–H and O–H groups in total. The third-order valence-corrected chi connectivity index (χ3v) is 8.59. The van der Waals surface area contributed by atoms with Gasteiger partial charge in [0.25, 0.3) is 5.91 Å². The van der Waals surface area contributed by atoms with E-state index in [0.717, 1.165) is 23.5 Å². The highest BCUT2D eigenvalue weighted by molar-refractivity contribution is 7.89. The second-order valence-electron chi connectivity index (χ2n) is 7.17. The van der Waals surface area contributed by atoms with E-state index in [4.69, 9.17) is 11.6 Å². The van der Waals surface area contributed by atoms with Gasteiger partial charge in [0, 0.05) is 23.3 Å². The molecule has 0 spiro atoms. The Morgan fingerprint density at radius 3 is 2.75 bits per heavy atom. The van der Waals surface area contributed by atoms with E-state index in [1.165, 1.54) is 16.4 Å². The highest BCUT2D eigenvalue weighted by Crippen LogP contribution is 2.39. The quantitative estimate of drug-likeness (QED) is 0.557. The van der Waals surface area contributed by atoms with Gasteiger partial charge in [-0.25, -0.2) is 17.2 Å². The molecule has 168 valence electrons. The van der Waals surface area contributed by atoms with Crippen molar-refractivity contribution in [3.8, 4) is 0 Å². The summed E-state index contributed by atoms with van der Waals surface area (Å²) >= 11 is 7.06. The standard InChI is InChI=1S/C20H17ClF2N4O3S2/c1-11-13(21)4-2-6-17(11)32(29,30)27-9-3-5-16(27)19-25-26-20(31-19)18(28)24-12-7-8-14(22)15(23)10-12/h2,4,6-8,10,16H,3,5,9H2,1H3,(H,24,28). The molecule has 1 aromatic heterocycles. The number of sulfonamides is 1. The predicted octanol–water partition coefficient (Wildman–Crippen LogP) is 4.56. The number of rotatable bonds is 5. The molecule has 7 nitrogen and oxygen atoms in total. The van der Waals surface area contributed by atoms with E-state index in [0.29, 0.717) is 35.0 Å². The molecule has 4 rings (SSSR count). The van der Waals surface area contributed by atoms with Crippen molar-refractivity contribution < 1.29 is 22.0 Å². The molecule has 1 aliphatic rings. The van der Waals surface area contributed by atoms with Gasteiger partial charge in [0.15, 0.2) is 11.6 Å². The minimum Gasteiger partial charge on any atom is -0.320 e. The summed E-state index contributed by atoms with van der Waals surface area (Å²) in [5.41, 5.74) is 0.524. The van der Waals surface area contributed by atoms with Crippen LogP contribution in [-0.4, -0.2) is 35.4 Å². The van der Waals surface area contributed by atoms with Crippen LogP contribution in [-0.2, 0) is 10.0 Å². The maximum absolute atomic E-state index is 13.4. The fraction of sp³-hybridized carbons (Fsp3) is 0.250. The van der Waals surface area contributed by atoms with E-state index in [9.17, 15) is 22.0 Å². The molecule has 0 aliphatic carbocycles. The van der Waals surface area contributed by atoms with Gasteiger partial charge < -0.3 is 5.32 Å². The summed E-state index contributed by atoms with van der Waals surface area (Å²) in [6.45, 7) is 1.95. The molecule has 2 aromatic carbocycles. The van der Waals surface area contributed by atoms with Crippen molar-refractivity contribution >= 4 is 44.6 Å². The van der Waals surface area contributed by atoms with E-state index in [-0.39, 0.29) is 15.6 Å². The molecule has 1 saturated heterocycles. The van der Waals surface area contributed by atoms with Crippen LogP contribution in [0, 0.1) is 18.6 Å². The van der Waals surface area contributed by atoms with Crippen molar-refractivity contribution in [2.45, 2.75) is 30.7 Å². The first-order chi connectivity index (χ1) is 15.2. The minimum absolute atomic E-state index is 0.0204. The maximum atomic E-state index is 13.4. The second-order valence-corrected chi connectivity index (χ2v) is 10.4. The number of halogens is 3. The second kappa shape index (κ2) is 8.81. The van der Waals surface area contributed by atoms with Gasteiger partial charge in [0.1, 0.15) is 5.01 Å². The van der Waals surface area contributed by atoms with Crippen LogP contribution < -0.4 is 5.32 Å². The largest absolute Gasteiger partial charge is 0.320 e. The van der Waals surface area contributed by atoms with Crippen LogP contribution >= 0.6 is 22.9 Å². The third kappa shape index (κ3) is 4.25. The summed E-state index contributed by atoms with van der Waals surface area (Å²) in [5.74, 6) is -2.78. The molecule has 0 radical (unpaired) electrons. The summed E-state index contributed by atoms with van der Waals surface area (Å²) < 4.78 is 54.4. The highest BCUT2D eigenvalue weighted by atomic mass is 35.5. The molecule has 32 heavy (non-hydrogen) atoms. The molecular formula is C20H17ClF2N4O3S2. The SMILES string of the molecule is Cc1c(Cl)cccc1S(=O)(=O)N1CCCC1c1nnc(C(=O)Nc2ccc(F)c(F)c2)s1. The topological polar surface area (TPSA) is 92.3 Å². The number of aromatic nitrogens is 2. The molecule has 1 atom stereocenters. The van der Waals surface area contributed by atoms with Crippen LogP contribution in [0.1, 0.15) is 39.3 Å². The lowest BCUT2D eigenvalue weighted by Gasteiger charge is -2.23. The van der Waals surface area contributed by atoms with Crippen LogP contribution in [0.5, 0.6) is 0 Å². The number of amides is 1. The average Bonchev–Trinajstić information content (AvgIpc) is 3.42. The van der Waals surface area contributed by atoms with Crippen LogP contribution in [0.25, 0.3) is 0 Å². The van der Waals surface area contributed by atoms with Crippen LogP contribution in [0.15, 0.2) is 41.3 Å². The van der Waals surface area contributed by atoms with Gasteiger partial charge in [0.05, 0.1) is 10.9 Å². The fourth-order valence-electron chi connectivity index (χ4n) is 3.49. The van der Waals surface area contributed by atoms with Crippen molar-refractivity contribution in [3.63, 3.8) is 0 Å². The molecule has 1 amide bonds. The van der Waals surface area contributed by atoms with Gasteiger partial charge in [-0.05, 0) is 49.6 Å². The van der Waals surface area contributed by atoms with E-state index in [1.807, 2.05) is 0 Å². The smallest absolute Gasteiger partial charge is 0.286 e. The Kier molecular flexibility index (Phi) is 6.26. The highest BCUT2D eigenvalue weighted by Gasteiger charge is 2.39. The number of anilines is 1. The maximum Gasteiger partial charge on any atom is 0.286 e. The van der Waals surface area contributed by atoms with Crippen LogP contribution in [0.2, 0.25) is 5.02 Å². The summed E-state index contributed by atoms with van der Waals surface area (Å²) in [6.07, 6.45) is 1.15. The van der Waals surface area contributed by atoms with Crippen molar-refractivity contribution in [2.24, 2.45) is 0 Å². The predicted molar refractivity (Wildman–Crippen MR) is 116 cm³/mol. The molecular weight excluding hydrogens is 482 g/mol. The number of hydrogen-bond acceptors (Lipinski definition) is 6. The van der Waals surface area contributed by atoms with Crippen LogP contribution in [0.3, 0.4) is 0 Å². The molecule has 1 aliphatic heterocycles. The van der Waals surface area contributed by atoms with Gasteiger partial charge in [-0.3, -0.25) is 4.79 Å². The third-order valence-electron chi connectivity index (χ3n) is 5.11. The van der Waals surface area contributed by atoms with Crippen LogP contribution in [0.4, 0.5) is 14.5 Å². The first kappa shape index (κ1) is 22.7. The lowest BCUT2D eigenvalue weighted by Crippen LogP contribution is -2.31. The zero-order chi connectivity index (χ0) is 23.0. The van der Waals surface area contributed by atoms with E-state index in [1.54, 1.807) is 19.1 Å². The summed E-state index contributed by atoms with van der Waals surface area (Å²) in [6, 6.07) is 7.12. The number of benzene rings is 2. The first-order valence-corrected chi connectivity index (χ1v) is 12.2. The molecule has 12 heteroatoms. The molecule has 2 heterocycles. The first-order valence-electron chi connectivity index (χ1n) is 9.55. The molecule has 0 saturated carbocycles. The Hall–Kier alpha value is -2.47. The monoisotopic (exact) mass is 498 g/mol. The Morgan fingerprint density at radius 2 is 2.00 bits per heavy atom. The summed E-state index contributed by atoms with van der Waals surface area (Å²) in [5, 5.41) is 11.0. The summed E-state index contributed by atoms with van der Waals surface area (Å²) in [7, 11) is -3.85. The normalized spacial score (nSPS) is 16.9. The molecule has 3 aromatic rings. The van der Waals surface area contributed by atoms with E-state index >= 15 is 0 Å². The average molecular weight is 499 g/mol. The fourth-order valence-corrected chi connectivity index (χ4v) is 6.58. The Balaban J connectivity index is 1.57. The van der Waals surface area contributed by atoms with Gasteiger partial charge in [-0.1, -0.05) is 29.0 Å². The van der Waals surface area contributed by atoms with Gasteiger partial charge in [-0.2, -0.15) is 4.31 Å². The summed E-state index contributed by atoms with van der Waals surface area (Å²) in [4.78, 5) is 12.6. The molecule has 1 fully saturated rings. The number of nitrogens with zero attached hydrogens (tertiary/aromatic N) is 3. The minimum atomic E-state index is -3.85. The Bertz CT molecular complexity index is 1300.